The van der Waals surface area contributed by atoms with Gasteiger partial charge in [0.2, 0.25) is 0 Å². The van der Waals surface area contributed by atoms with Crippen LogP contribution in [-0.4, -0.2) is 12.6 Å². The van der Waals surface area contributed by atoms with Crippen LogP contribution in [0, 0.1) is 5.82 Å². The Bertz CT molecular complexity index is 466. The molecule has 1 aliphatic carbocycles. The molecule has 1 spiro atoms. The first-order valence-corrected chi connectivity index (χ1v) is 7.88. The second-order valence-electron chi connectivity index (χ2n) is 6.28. The van der Waals surface area contributed by atoms with Crippen molar-refractivity contribution in [1.29, 1.82) is 0 Å². The topological polar surface area (TPSA) is 21.3 Å². The van der Waals surface area contributed by atoms with Crippen LogP contribution in [0.5, 0.6) is 5.75 Å². The van der Waals surface area contributed by atoms with E-state index in [1.807, 2.05) is 7.05 Å². The molecule has 2 aliphatic rings. The molecule has 1 heterocycles. The van der Waals surface area contributed by atoms with Crippen LogP contribution in [0.3, 0.4) is 0 Å². The summed E-state index contributed by atoms with van der Waals surface area (Å²) in [6.45, 7) is 0. The molecule has 1 N–H and O–H groups in total. The molecule has 1 aromatic carbocycles. The third-order valence-corrected chi connectivity index (χ3v) is 4.86. The minimum absolute atomic E-state index is 0.0427. The Morgan fingerprint density at radius 2 is 1.85 bits per heavy atom. The van der Waals surface area contributed by atoms with Crippen LogP contribution in [0.1, 0.15) is 63.0 Å². The maximum Gasteiger partial charge on any atom is 0.125 e. The number of hydrogen-bond acceptors (Lipinski definition) is 2. The van der Waals surface area contributed by atoms with Crippen molar-refractivity contribution in [3.05, 3.63) is 29.6 Å². The van der Waals surface area contributed by atoms with Crippen molar-refractivity contribution in [2.45, 2.75) is 63.0 Å². The van der Waals surface area contributed by atoms with E-state index in [4.69, 9.17) is 4.74 Å². The Balaban J connectivity index is 1.90. The zero-order valence-corrected chi connectivity index (χ0v) is 12.3. The van der Waals surface area contributed by atoms with Crippen LogP contribution in [-0.2, 0) is 0 Å². The first kappa shape index (κ1) is 13.9. The third-order valence-electron chi connectivity index (χ3n) is 4.86. The maximum absolute atomic E-state index is 13.5. The molecule has 1 aliphatic heterocycles. The standard InChI is InChI=1S/C17H24FNO/c1-19-15-12-17(9-5-3-2-4-6-10-17)20-16-8-7-13(18)11-14(15)16/h7-8,11,15,19H,2-6,9-10,12H2,1H3. The Morgan fingerprint density at radius 3 is 2.55 bits per heavy atom. The highest BCUT2D eigenvalue weighted by Gasteiger charge is 2.40. The largest absolute Gasteiger partial charge is 0.487 e. The number of rotatable bonds is 1. The number of fused-ring (bicyclic) bond motifs is 1. The SMILES string of the molecule is CNC1CC2(CCCCCCC2)Oc2ccc(F)cc21. The molecule has 1 fully saturated rings. The molecule has 110 valence electrons. The normalized spacial score (nSPS) is 25.4. The summed E-state index contributed by atoms with van der Waals surface area (Å²) < 4.78 is 19.8. The van der Waals surface area contributed by atoms with Crippen LogP contribution in [0.2, 0.25) is 0 Å². The zero-order chi connectivity index (χ0) is 14.0. The van der Waals surface area contributed by atoms with Gasteiger partial charge in [-0.05, 0) is 50.9 Å². The number of benzene rings is 1. The van der Waals surface area contributed by atoms with Gasteiger partial charge < -0.3 is 10.1 Å². The van der Waals surface area contributed by atoms with Gasteiger partial charge in [-0.15, -0.1) is 0 Å². The number of nitrogens with one attached hydrogen (secondary N) is 1. The van der Waals surface area contributed by atoms with Crippen molar-refractivity contribution in [1.82, 2.24) is 5.32 Å². The molecule has 2 nitrogen and oxygen atoms in total. The number of halogens is 1. The van der Waals surface area contributed by atoms with E-state index in [0.29, 0.717) is 0 Å². The van der Waals surface area contributed by atoms with Gasteiger partial charge in [0.1, 0.15) is 17.2 Å². The summed E-state index contributed by atoms with van der Waals surface area (Å²) in [5.41, 5.74) is 0.930. The highest BCUT2D eigenvalue weighted by molar-refractivity contribution is 5.39. The highest BCUT2D eigenvalue weighted by atomic mass is 19.1. The molecule has 1 atom stereocenters. The summed E-state index contributed by atoms with van der Waals surface area (Å²) in [4.78, 5) is 0. The first-order valence-electron chi connectivity index (χ1n) is 7.88. The molecular weight excluding hydrogens is 253 g/mol. The molecule has 0 bridgehead atoms. The predicted molar refractivity (Wildman–Crippen MR) is 78.5 cm³/mol. The minimum Gasteiger partial charge on any atom is -0.487 e. The molecule has 20 heavy (non-hydrogen) atoms. The van der Waals surface area contributed by atoms with Gasteiger partial charge in [-0.2, -0.15) is 0 Å². The van der Waals surface area contributed by atoms with Crippen molar-refractivity contribution >= 4 is 0 Å². The van der Waals surface area contributed by atoms with E-state index in [9.17, 15) is 4.39 Å². The van der Waals surface area contributed by atoms with E-state index < -0.39 is 0 Å². The van der Waals surface area contributed by atoms with E-state index in [1.165, 1.54) is 38.2 Å². The second-order valence-corrected chi connectivity index (χ2v) is 6.28. The summed E-state index contributed by atoms with van der Waals surface area (Å²) >= 11 is 0. The molecule has 3 rings (SSSR count). The molecule has 0 saturated heterocycles. The van der Waals surface area contributed by atoms with Crippen molar-refractivity contribution in [2.75, 3.05) is 7.05 Å². The lowest BCUT2D eigenvalue weighted by Crippen LogP contribution is -2.44. The zero-order valence-electron chi connectivity index (χ0n) is 12.3. The van der Waals surface area contributed by atoms with Crippen molar-refractivity contribution < 1.29 is 9.13 Å². The van der Waals surface area contributed by atoms with E-state index in [2.05, 4.69) is 5.32 Å². The molecule has 1 saturated carbocycles. The lowest BCUT2D eigenvalue weighted by molar-refractivity contribution is 0.00721. The smallest absolute Gasteiger partial charge is 0.125 e. The third kappa shape index (κ3) is 2.69. The Hall–Kier alpha value is -1.09. The van der Waals surface area contributed by atoms with Crippen molar-refractivity contribution in [3.63, 3.8) is 0 Å². The Morgan fingerprint density at radius 1 is 1.15 bits per heavy atom. The van der Waals surface area contributed by atoms with Gasteiger partial charge in [-0.1, -0.05) is 19.3 Å². The number of hydrogen-bond donors (Lipinski definition) is 1. The highest BCUT2D eigenvalue weighted by Crippen LogP contribution is 2.45. The van der Waals surface area contributed by atoms with Gasteiger partial charge in [0, 0.05) is 18.0 Å². The summed E-state index contributed by atoms with van der Waals surface area (Å²) in [5, 5.41) is 3.35. The number of ether oxygens (including phenoxy) is 1. The average Bonchev–Trinajstić information content (AvgIpc) is 2.43. The molecule has 1 aromatic rings. The van der Waals surface area contributed by atoms with Crippen LogP contribution >= 0.6 is 0 Å². The van der Waals surface area contributed by atoms with Gasteiger partial charge >= 0.3 is 0 Å². The molecule has 1 unspecified atom stereocenters. The Labute approximate surface area is 120 Å². The predicted octanol–water partition coefficient (Wildman–Crippen LogP) is 4.35. The fourth-order valence-corrected chi connectivity index (χ4v) is 3.75. The molecule has 0 aromatic heterocycles. The van der Waals surface area contributed by atoms with Gasteiger partial charge in [-0.3, -0.25) is 0 Å². The molecule has 3 heteroatoms. The van der Waals surface area contributed by atoms with Crippen LogP contribution < -0.4 is 10.1 Å². The van der Waals surface area contributed by atoms with E-state index in [-0.39, 0.29) is 17.5 Å². The summed E-state index contributed by atoms with van der Waals surface area (Å²) in [5.74, 6) is 0.693. The van der Waals surface area contributed by atoms with E-state index in [0.717, 1.165) is 30.6 Å². The second kappa shape index (κ2) is 5.72. The summed E-state index contributed by atoms with van der Waals surface area (Å²) in [7, 11) is 1.96. The van der Waals surface area contributed by atoms with E-state index >= 15 is 0 Å². The van der Waals surface area contributed by atoms with Gasteiger partial charge in [0.15, 0.2) is 0 Å². The van der Waals surface area contributed by atoms with Crippen LogP contribution in [0.4, 0.5) is 4.39 Å². The fraction of sp³-hybridized carbons (Fsp3) is 0.647. The lowest BCUT2D eigenvalue weighted by atomic mass is 9.78. The van der Waals surface area contributed by atoms with Crippen LogP contribution in [0.25, 0.3) is 0 Å². The van der Waals surface area contributed by atoms with Gasteiger partial charge in [-0.25, -0.2) is 4.39 Å². The average molecular weight is 277 g/mol. The fourth-order valence-electron chi connectivity index (χ4n) is 3.75. The molecule has 0 amide bonds. The minimum atomic E-state index is -0.179. The van der Waals surface area contributed by atoms with Crippen molar-refractivity contribution in [3.8, 4) is 5.75 Å². The quantitative estimate of drug-likeness (QED) is 0.824. The molecule has 0 radical (unpaired) electrons. The summed E-state index contributed by atoms with van der Waals surface area (Å²) in [6.07, 6.45) is 9.68. The van der Waals surface area contributed by atoms with Crippen LogP contribution in [0.15, 0.2) is 18.2 Å². The lowest BCUT2D eigenvalue weighted by Gasteiger charge is -2.43. The van der Waals surface area contributed by atoms with Gasteiger partial charge in [0.05, 0.1) is 0 Å². The maximum atomic E-state index is 13.5. The summed E-state index contributed by atoms with van der Waals surface area (Å²) in [6, 6.07) is 5.13. The Kier molecular flexibility index (Phi) is 3.97. The van der Waals surface area contributed by atoms with E-state index in [1.54, 1.807) is 12.1 Å². The monoisotopic (exact) mass is 277 g/mol. The van der Waals surface area contributed by atoms with Crippen molar-refractivity contribution in [2.24, 2.45) is 0 Å². The first-order chi connectivity index (χ1) is 9.72. The van der Waals surface area contributed by atoms with Gasteiger partial charge in [0.25, 0.3) is 0 Å². The molecular formula is C17H24FNO.